The van der Waals surface area contributed by atoms with Crippen LogP contribution in [0, 0.1) is 0 Å². The van der Waals surface area contributed by atoms with Gasteiger partial charge in [0.1, 0.15) is 5.71 Å². The number of fused-ring (bicyclic) bond motifs is 1. The third kappa shape index (κ3) is 2.32. The topological polar surface area (TPSA) is 58.9 Å². The quantitative estimate of drug-likeness (QED) is 0.376. The molecule has 1 aromatic carbocycles. The summed E-state index contributed by atoms with van der Waals surface area (Å²) in [5.41, 5.74) is 2.73. The van der Waals surface area contributed by atoms with Crippen LogP contribution in [-0.2, 0) is 9.53 Å². The van der Waals surface area contributed by atoms with Gasteiger partial charge in [0.25, 0.3) is 0 Å². The minimum Gasteiger partial charge on any atom is -0.463 e. The number of hydrogen-bond donors (Lipinski definition) is 1. The Kier molecular flexibility index (Phi) is 3.57. The highest BCUT2D eigenvalue weighted by molar-refractivity contribution is 6.34. The van der Waals surface area contributed by atoms with Crippen molar-refractivity contribution in [2.75, 3.05) is 6.61 Å². The number of hydrogen-bond acceptors (Lipinski definition) is 4. The lowest BCUT2D eigenvalue weighted by Crippen LogP contribution is -2.09. The van der Waals surface area contributed by atoms with E-state index in [4.69, 9.17) is 9.94 Å². The molecule has 0 saturated heterocycles. The second kappa shape index (κ2) is 5.31. The number of carbonyl (C=O) groups excluding carboxylic acids is 1. The summed E-state index contributed by atoms with van der Waals surface area (Å²) in [5, 5.41) is 12.2. The Bertz CT molecular complexity index is 556. The van der Waals surface area contributed by atoms with Crippen molar-refractivity contribution in [2.24, 2.45) is 5.16 Å². The summed E-state index contributed by atoms with van der Waals surface area (Å²) < 4.78 is 4.88. The van der Waals surface area contributed by atoms with Crippen molar-refractivity contribution in [3.05, 3.63) is 47.5 Å². The molecule has 2 rings (SSSR count). The molecule has 0 unspecified atom stereocenters. The smallest absolute Gasteiger partial charge is 0.331 e. The van der Waals surface area contributed by atoms with E-state index in [9.17, 15) is 4.79 Å². The molecule has 0 saturated carbocycles. The van der Waals surface area contributed by atoms with Gasteiger partial charge in [0.15, 0.2) is 0 Å². The summed E-state index contributed by atoms with van der Waals surface area (Å²) in [6, 6.07) is 7.58. The monoisotopic (exact) mass is 243 g/mol. The Morgan fingerprint density at radius 1 is 1.39 bits per heavy atom. The molecule has 0 bridgehead atoms. The minimum atomic E-state index is -0.446. The zero-order chi connectivity index (χ0) is 13.0. The summed E-state index contributed by atoms with van der Waals surface area (Å²) in [5.74, 6) is -0.446. The fourth-order valence-corrected chi connectivity index (χ4v) is 1.82. The summed E-state index contributed by atoms with van der Waals surface area (Å²) in [6.45, 7) is 2.05. The number of benzene rings is 1. The molecule has 0 heterocycles. The summed E-state index contributed by atoms with van der Waals surface area (Å²) in [6.07, 6.45) is 4.85. The molecule has 0 aromatic heterocycles. The molecule has 0 aliphatic heterocycles. The predicted octanol–water partition coefficient (Wildman–Crippen LogP) is 2.49. The third-order valence-electron chi connectivity index (χ3n) is 2.60. The molecule has 4 nitrogen and oxygen atoms in total. The Hall–Kier alpha value is -2.36. The third-order valence-corrected chi connectivity index (χ3v) is 2.60. The Balaban J connectivity index is 2.48. The molecule has 1 N–H and O–H groups in total. The van der Waals surface area contributed by atoms with Gasteiger partial charge in [-0.2, -0.15) is 0 Å². The molecule has 92 valence electrons. The zero-order valence-corrected chi connectivity index (χ0v) is 9.96. The zero-order valence-electron chi connectivity index (χ0n) is 9.96. The van der Waals surface area contributed by atoms with Crippen molar-refractivity contribution in [1.29, 1.82) is 0 Å². The predicted molar refractivity (Wildman–Crippen MR) is 69.3 cm³/mol. The molecule has 1 aliphatic rings. The summed E-state index contributed by atoms with van der Waals surface area (Å²) >= 11 is 0. The molecule has 1 aromatic rings. The number of nitrogens with zero attached hydrogens (tertiary/aromatic N) is 1. The molecule has 0 fully saturated rings. The Morgan fingerprint density at radius 3 is 2.89 bits per heavy atom. The van der Waals surface area contributed by atoms with Gasteiger partial charge in [-0.3, -0.25) is 0 Å². The highest BCUT2D eigenvalue weighted by Crippen LogP contribution is 2.27. The number of oxime groups is 1. The number of esters is 1. The highest BCUT2D eigenvalue weighted by atomic mass is 16.5. The average molecular weight is 243 g/mol. The van der Waals surface area contributed by atoms with Crippen LogP contribution in [0.4, 0.5) is 0 Å². The Labute approximate surface area is 105 Å². The van der Waals surface area contributed by atoms with E-state index >= 15 is 0 Å². The van der Waals surface area contributed by atoms with Crippen LogP contribution in [0.1, 0.15) is 18.1 Å². The average Bonchev–Trinajstić information content (AvgIpc) is 2.39. The first kappa shape index (κ1) is 12.1. The van der Waals surface area contributed by atoms with Crippen LogP contribution < -0.4 is 0 Å². The second-order valence-corrected chi connectivity index (χ2v) is 3.72. The van der Waals surface area contributed by atoms with Crippen molar-refractivity contribution in [2.45, 2.75) is 6.92 Å². The van der Waals surface area contributed by atoms with Gasteiger partial charge in [0, 0.05) is 11.6 Å². The maximum absolute atomic E-state index is 11.5. The van der Waals surface area contributed by atoms with Gasteiger partial charge in [-0.05, 0) is 24.1 Å². The number of rotatable bonds is 2. The first-order valence-electron chi connectivity index (χ1n) is 5.64. The number of carbonyl (C=O) groups is 1. The van der Waals surface area contributed by atoms with Gasteiger partial charge < -0.3 is 9.94 Å². The number of allylic oxidation sites excluding steroid dienone is 2. The van der Waals surface area contributed by atoms with Gasteiger partial charge in [-0.1, -0.05) is 35.5 Å². The molecule has 18 heavy (non-hydrogen) atoms. The summed E-state index contributed by atoms with van der Waals surface area (Å²) in [4.78, 5) is 11.5. The van der Waals surface area contributed by atoms with Crippen molar-refractivity contribution in [1.82, 2.24) is 0 Å². The first-order chi connectivity index (χ1) is 8.76. The van der Waals surface area contributed by atoms with Crippen LogP contribution >= 0.6 is 0 Å². The summed E-state index contributed by atoms with van der Waals surface area (Å²) in [7, 11) is 0. The fraction of sp³-hybridized carbons (Fsp3) is 0.143. The molecular formula is C14H13NO3. The van der Waals surface area contributed by atoms with Crippen LogP contribution in [0.2, 0.25) is 0 Å². The van der Waals surface area contributed by atoms with Crippen LogP contribution in [0.5, 0.6) is 0 Å². The lowest BCUT2D eigenvalue weighted by molar-refractivity contribution is -0.137. The molecular weight excluding hydrogens is 230 g/mol. The van der Waals surface area contributed by atoms with Gasteiger partial charge in [0.2, 0.25) is 0 Å². The van der Waals surface area contributed by atoms with E-state index in [1.807, 2.05) is 30.3 Å². The van der Waals surface area contributed by atoms with Crippen molar-refractivity contribution in [3.8, 4) is 0 Å². The molecule has 0 spiro atoms. The van der Waals surface area contributed by atoms with Gasteiger partial charge >= 0.3 is 5.97 Å². The maximum Gasteiger partial charge on any atom is 0.331 e. The maximum atomic E-state index is 11.5. The molecule has 0 atom stereocenters. The largest absolute Gasteiger partial charge is 0.463 e. The van der Waals surface area contributed by atoms with Crippen LogP contribution in [0.3, 0.4) is 0 Å². The normalized spacial score (nSPS) is 17.8. The fourth-order valence-electron chi connectivity index (χ4n) is 1.82. The highest BCUT2D eigenvalue weighted by Gasteiger charge is 2.17. The molecule has 1 aliphatic carbocycles. The van der Waals surface area contributed by atoms with E-state index in [1.54, 1.807) is 13.0 Å². The van der Waals surface area contributed by atoms with Crippen molar-refractivity contribution < 1.29 is 14.7 Å². The van der Waals surface area contributed by atoms with Gasteiger partial charge in [-0.25, -0.2) is 4.79 Å². The minimum absolute atomic E-state index is 0.311. The standard InChI is InChI=1S/C14H13NO3/c1-2-18-14(16)9-12-11-6-4-3-5-10(11)7-8-13(12)15-17/h3-9,17H,2H2,1H3/b12-9-,15-13+. The van der Waals surface area contributed by atoms with Crippen molar-refractivity contribution >= 4 is 23.3 Å². The molecule has 0 radical (unpaired) electrons. The lowest BCUT2D eigenvalue weighted by Gasteiger charge is -2.14. The van der Waals surface area contributed by atoms with Gasteiger partial charge in [0.05, 0.1) is 6.61 Å². The van der Waals surface area contributed by atoms with Crippen LogP contribution in [0.25, 0.3) is 11.6 Å². The van der Waals surface area contributed by atoms with E-state index in [0.29, 0.717) is 17.9 Å². The van der Waals surface area contributed by atoms with Crippen molar-refractivity contribution in [3.63, 3.8) is 0 Å². The van der Waals surface area contributed by atoms with E-state index in [2.05, 4.69) is 5.16 Å². The SMILES string of the molecule is CCOC(=O)/C=C1\C(=N\O)C=Cc2ccccc21. The number of ether oxygens (including phenoxy) is 1. The van der Waals surface area contributed by atoms with Gasteiger partial charge in [-0.15, -0.1) is 0 Å². The molecule has 0 amide bonds. The lowest BCUT2D eigenvalue weighted by atomic mass is 9.91. The second-order valence-electron chi connectivity index (χ2n) is 3.72. The molecule has 4 heteroatoms. The van der Waals surface area contributed by atoms with E-state index in [1.165, 1.54) is 6.08 Å². The first-order valence-corrected chi connectivity index (χ1v) is 5.64. The Morgan fingerprint density at radius 2 is 2.17 bits per heavy atom. The van der Waals surface area contributed by atoms with Crippen LogP contribution in [0.15, 0.2) is 41.6 Å². The van der Waals surface area contributed by atoms with Crippen LogP contribution in [-0.4, -0.2) is 23.5 Å². The van der Waals surface area contributed by atoms with E-state index < -0.39 is 5.97 Å². The van der Waals surface area contributed by atoms with E-state index in [0.717, 1.165) is 11.1 Å². The van der Waals surface area contributed by atoms with E-state index in [-0.39, 0.29) is 0 Å².